The van der Waals surface area contributed by atoms with Crippen molar-refractivity contribution >= 4 is 23.2 Å². The minimum atomic E-state index is -0.552. The average molecular weight is 392 g/mol. The van der Waals surface area contributed by atoms with Crippen molar-refractivity contribution in [1.82, 2.24) is 10.6 Å². The molecule has 0 bridgehead atoms. The number of nitro benzene ring substituents is 1. The first kappa shape index (κ1) is 20.0. The number of hydrogen-bond donors (Lipinski definition) is 2. The van der Waals surface area contributed by atoms with Crippen LogP contribution in [0, 0.1) is 15.5 Å². The molecule has 10 nitrogen and oxygen atoms in total. The first-order valence-corrected chi connectivity index (χ1v) is 9.12. The van der Waals surface area contributed by atoms with Gasteiger partial charge in [0.1, 0.15) is 12.3 Å². The number of nitrogens with one attached hydrogen (secondary N) is 2. The number of carbonyl (C=O) groups excluding carboxylic acids is 2. The third-order valence-corrected chi connectivity index (χ3v) is 5.17. The van der Waals surface area contributed by atoms with Crippen molar-refractivity contribution in [3.8, 4) is 5.75 Å². The van der Waals surface area contributed by atoms with Gasteiger partial charge in [0, 0.05) is 31.2 Å². The molecular formula is C18H24N4O6. The molecule has 1 aromatic carbocycles. The van der Waals surface area contributed by atoms with E-state index in [0.29, 0.717) is 18.9 Å². The predicted molar refractivity (Wildman–Crippen MR) is 100 cm³/mol. The molecule has 1 aromatic rings. The van der Waals surface area contributed by atoms with Gasteiger partial charge in [-0.15, -0.1) is 0 Å². The minimum absolute atomic E-state index is 0.138. The molecule has 3 rings (SSSR count). The van der Waals surface area contributed by atoms with E-state index in [0.717, 1.165) is 25.9 Å². The molecule has 2 heterocycles. The third-order valence-electron chi connectivity index (χ3n) is 5.17. The minimum Gasteiger partial charge on any atom is -0.482 e. The fourth-order valence-corrected chi connectivity index (χ4v) is 3.60. The molecule has 0 atom stereocenters. The molecule has 2 aliphatic rings. The van der Waals surface area contributed by atoms with Crippen LogP contribution < -0.4 is 20.3 Å². The van der Waals surface area contributed by atoms with Crippen molar-refractivity contribution in [2.45, 2.75) is 12.8 Å². The standard InChI is InChI=1S/C18H24N4O6/c1-27-12-18(4-6-19-7-5-18)11-20-16(23)9-21-14-8-13(22(25)26)2-3-15(14)28-10-17(21)24/h2-3,8,19H,4-7,9-12H2,1H3,(H,20,23). The van der Waals surface area contributed by atoms with Crippen LogP contribution in [0.3, 0.4) is 0 Å². The van der Waals surface area contributed by atoms with Gasteiger partial charge >= 0.3 is 0 Å². The molecule has 0 unspecified atom stereocenters. The van der Waals surface area contributed by atoms with E-state index in [4.69, 9.17) is 9.47 Å². The Balaban J connectivity index is 1.69. The van der Waals surface area contributed by atoms with Gasteiger partial charge in [0.05, 0.1) is 17.2 Å². The number of anilines is 1. The highest BCUT2D eigenvalue weighted by atomic mass is 16.6. The summed E-state index contributed by atoms with van der Waals surface area (Å²) in [6, 6.07) is 3.99. The first-order chi connectivity index (χ1) is 13.4. The highest BCUT2D eigenvalue weighted by Crippen LogP contribution is 2.35. The van der Waals surface area contributed by atoms with Crippen LogP contribution in [0.25, 0.3) is 0 Å². The quantitative estimate of drug-likeness (QED) is 0.510. The lowest BCUT2D eigenvalue weighted by Crippen LogP contribution is -2.50. The number of hydrogen-bond acceptors (Lipinski definition) is 7. The van der Waals surface area contributed by atoms with Crippen molar-refractivity contribution in [2.24, 2.45) is 5.41 Å². The summed E-state index contributed by atoms with van der Waals surface area (Å²) in [5.74, 6) is -0.412. The van der Waals surface area contributed by atoms with Gasteiger partial charge in [0.15, 0.2) is 6.61 Å². The Labute approximate surface area is 162 Å². The maximum Gasteiger partial charge on any atom is 0.271 e. The normalized spacial score (nSPS) is 18.2. The van der Waals surface area contributed by atoms with Crippen LogP contribution in [0.15, 0.2) is 18.2 Å². The number of amides is 2. The third kappa shape index (κ3) is 4.39. The summed E-state index contributed by atoms with van der Waals surface area (Å²) in [7, 11) is 1.64. The van der Waals surface area contributed by atoms with Crippen molar-refractivity contribution in [2.75, 3.05) is 51.4 Å². The predicted octanol–water partition coefficient (Wildman–Crippen LogP) is 0.453. The molecule has 1 fully saturated rings. The Morgan fingerprint density at radius 3 is 2.86 bits per heavy atom. The molecule has 1 saturated heterocycles. The number of piperidine rings is 1. The second-order valence-electron chi connectivity index (χ2n) is 7.14. The lowest BCUT2D eigenvalue weighted by Gasteiger charge is -2.37. The lowest BCUT2D eigenvalue weighted by atomic mass is 9.79. The smallest absolute Gasteiger partial charge is 0.271 e. The molecule has 10 heteroatoms. The van der Waals surface area contributed by atoms with Gasteiger partial charge in [-0.1, -0.05) is 0 Å². The van der Waals surface area contributed by atoms with Crippen LogP contribution >= 0.6 is 0 Å². The summed E-state index contributed by atoms with van der Waals surface area (Å²) in [4.78, 5) is 36.5. The Hall–Kier alpha value is -2.72. The average Bonchev–Trinajstić information content (AvgIpc) is 2.69. The Kier molecular flexibility index (Phi) is 6.10. The van der Waals surface area contributed by atoms with Gasteiger partial charge in [-0.3, -0.25) is 24.6 Å². The fourth-order valence-electron chi connectivity index (χ4n) is 3.60. The monoisotopic (exact) mass is 392 g/mol. The van der Waals surface area contributed by atoms with Gasteiger partial charge in [-0.25, -0.2) is 0 Å². The van der Waals surface area contributed by atoms with E-state index < -0.39 is 10.8 Å². The molecule has 0 aromatic heterocycles. The molecular weight excluding hydrogens is 368 g/mol. The zero-order valence-electron chi connectivity index (χ0n) is 15.7. The number of nitrogens with zero attached hydrogens (tertiary/aromatic N) is 2. The number of fused-ring (bicyclic) bond motifs is 1. The number of non-ortho nitro benzene ring substituents is 1. The highest BCUT2D eigenvalue weighted by Gasteiger charge is 2.34. The number of benzene rings is 1. The number of methoxy groups -OCH3 is 1. The molecule has 0 spiro atoms. The van der Waals surface area contributed by atoms with Gasteiger partial charge in [0.2, 0.25) is 5.91 Å². The Morgan fingerprint density at radius 2 is 2.18 bits per heavy atom. The van der Waals surface area contributed by atoms with Crippen LogP contribution in [0.1, 0.15) is 12.8 Å². The molecule has 28 heavy (non-hydrogen) atoms. The highest BCUT2D eigenvalue weighted by molar-refractivity contribution is 6.02. The SMILES string of the molecule is COCC1(CNC(=O)CN2C(=O)COc3ccc([N+](=O)[O-])cc32)CCNCC1. The molecule has 0 saturated carbocycles. The van der Waals surface area contributed by atoms with Crippen LogP contribution in [0.4, 0.5) is 11.4 Å². The maximum atomic E-state index is 12.5. The van der Waals surface area contributed by atoms with E-state index in [2.05, 4.69) is 10.6 Å². The molecule has 152 valence electrons. The van der Waals surface area contributed by atoms with Crippen molar-refractivity contribution in [3.63, 3.8) is 0 Å². The lowest BCUT2D eigenvalue weighted by molar-refractivity contribution is -0.384. The first-order valence-electron chi connectivity index (χ1n) is 9.12. The Bertz CT molecular complexity index is 757. The van der Waals surface area contributed by atoms with Gasteiger partial charge < -0.3 is 20.1 Å². The number of carbonyl (C=O) groups is 2. The Morgan fingerprint density at radius 1 is 1.43 bits per heavy atom. The van der Waals surface area contributed by atoms with E-state index in [9.17, 15) is 19.7 Å². The molecule has 2 aliphatic heterocycles. The molecule has 2 N–H and O–H groups in total. The summed E-state index contributed by atoms with van der Waals surface area (Å²) in [6.45, 7) is 2.27. The van der Waals surface area contributed by atoms with Gasteiger partial charge in [0.25, 0.3) is 11.6 Å². The van der Waals surface area contributed by atoms with Gasteiger partial charge in [-0.2, -0.15) is 0 Å². The largest absolute Gasteiger partial charge is 0.482 e. The topological polar surface area (TPSA) is 123 Å². The van der Waals surface area contributed by atoms with E-state index in [1.807, 2.05) is 0 Å². The maximum absolute atomic E-state index is 12.5. The summed E-state index contributed by atoms with van der Waals surface area (Å²) in [5, 5.41) is 17.2. The van der Waals surface area contributed by atoms with E-state index in [-0.39, 0.29) is 35.8 Å². The summed E-state index contributed by atoms with van der Waals surface area (Å²) >= 11 is 0. The second-order valence-corrected chi connectivity index (χ2v) is 7.14. The van der Waals surface area contributed by atoms with E-state index in [1.165, 1.54) is 23.1 Å². The van der Waals surface area contributed by atoms with Crippen molar-refractivity contribution in [3.05, 3.63) is 28.3 Å². The fraction of sp³-hybridized carbons (Fsp3) is 0.556. The van der Waals surface area contributed by atoms with E-state index in [1.54, 1.807) is 7.11 Å². The van der Waals surface area contributed by atoms with Crippen LogP contribution in [0.2, 0.25) is 0 Å². The van der Waals surface area contributed by atoms with Crippen LogP contribution in [0.5, 0.6) is 5.75 Å². The van der Waals surface area contributed by atoms with Gasteiger partial charge in [-0.05, 0) is 32.0 Å². The zero-order valence-corrected chi connectivity index (χ0v) is 15.7. The number of ether oxygens (including phenoxy) is 2. The van der Waals surface area contributed by atoms with Crippen molar-refractivity contribution in [1.29, 1.82) is 0 Å². The summed E-state index contributed by atoms with van der Waals surface area (Å²) < 4.78 is 10.7. The summed E-state index contributed by atoms with van der Waals surface area (Å²) in [5.41, 5.74) is -0.0771. The van der Waals surface area contributed by atoms with Crippen LogP contribution in [-0.4, -0.2) is 63.2 Å². The summed E-state index contributed by atoms with van der Waals surface area (Å²) in [6.07, 6.45) is 1.76. The van der Waals surface area contributed by atoms with E-state index >= 15 is 0 Å². The second kappa shape index (κ2) is 8.53. The molecule has 0 radical (unpaired) electrons. The number of rotatable bonds is 7. The zero-order chi connectivity index (χ0) is 20.1. The van der Waals surface area contributed by atoms with Crippen molar-refractivity contribution < 1.29 is 24.0 Å². The molecule has 0 aliphatic carbocycles. The number of nitro groups is 1. The molecule has 2 amide bonds. The van der Waals surface area contributed by atoms with Crippen LogP contribution in [-0.2, 0) is 14.3 Å².